The van der Waals surface area contributed by atoms with Crippen LogP contribution < -0.4 is 5.32 Å². The molecule has 0 heterocycles. The highest BCUT2D eigenvalue weighted by atomic mass is 32.2. The average Bonchev–Trinajstić information content (AvgIpc) is 2.28. The van der Waals surface area contributed by atoms with Gasteiger partial charge < -0.3 is 5.32 Å². The van der Waals surface area contributed by atoms with Crippen molar-refractivity contribution in [1.29, 1.82) is 0 Å². The topological polar surface area (TPSA) is 46.2 Å². The van der Waals surface area contributed by atoms with E-state index in [0.29, 0.717) is 18.0 Å². The summed E-state index contributed by atoms with van der Waals surface area (Å²) in [7, 11) is -2.84. The summed E-state index contributed by atoms with van der Waals surface area (Å²) in [4.78, 5) is 0. The Hall–Kier alpha value is -0.350. The SMILES string of the molecule is CCC(C)(C)C1=CCC(NCCS(C)(=O)=O)CC1. The van der Waals surface area contributed by atoms with Crippen LogP contribution in [0.2, 0.25) is 0 Å². The predicted octanol–water partition coefficient (Wildman–Crippen LogP) is 2.54. The van der Waals surface area contributed by atoms with Gasteiger partial charge in [-0.15, -0.1) is 0 Å². The third-order valence-corrected chi connectivity index (χ3v) is 5.02. The highest BCUT2D eigenvalue weighted by Crippen LogP contribution is 2.36. The van der Waals surface area contributed by atoms with Gasteiger partial charge in [0.05, 0.1) is 5.75 Å². The Kier molecular flexibility index (Phi) is 5.41. The fraction of sp³-hybridized carbons (Fsp3) is 0.857. The minimum absolute atomic E-state index is 0.237. The molecule has 1 N–H and O–H groups in total. The number of nitrogens with one attached hydrogen (secondary N) is 1. The Bertz CT molecular complexity index is 396. The van der Waals surface area contributed by atoms with E-state index in [2.05, 4.69) is 32.2 Å². The van der Waals surface area contributed by atoms with Crippen molar-refractivity contribution in [2.45, 2.75) is 52.5 Å². The van der Waals surface area contributed by atoms with E-state index in [9.17, 15) is 8.42 Å². The number of hydrogen-bond acceptors (Lipinski definition) is 3. The molecule has 1 rings (SSSR count). The van der Waals surface area contributed by atoms with Crippen LogP contribution in [0.25, 0.3) is 0 Å². The van der Waals surface area contributed by atoms with Crippen molar-refractivity contribution in [1.82, 2.24) is 5.32 Å². The van der Waals surface area contributed by atoms with Gasteiger partial charge in [0.25, 0.3) is 0 Å². The molecule has 18 heavy (non-hydrogen) atoms. The van der Waals surface area contributed by atoms with E-state index in [1.807, 2.05) is 0 Å². The normalized spacial score (nSPS) is 21.8. The molecule has 3 nitrogen and oxygen atoms in total. The molecule has 0 radical (unpaired) electrons. The molecule has 0 aromatic rings. The molecule has 0 saturated carbocycles. The third kappa shape index (κ3) is 5.11. The molecule has 0 bridgehead atoms. The van der Waals surface area contributed by atoms with Crippen molar-refractivity contribution in [3.63, 3.8) is 0 Å². The molecular weight excluding hydrogens is 246 g/mol. The van der Waals surface area contributed by atoms with Crippen molar-refractivity contribution in [3.8, 4) is 0 Å². The van der Waals surface area contributed by atoms with Gasteiger partial charge in [0, 0.05) is 18.8 Å². The van der Waals surface area contributed by atoms with Crippen LogP contribution in [0, 0.1) is 5.41 Å². The molecule has 0 saturated heterocycles. The van der Waals surface area contributed by atoms with Crippen LogP contribution in [0.5, 0.6) is 0 Å². The van der Waals surface area contributed by atoms with Crippen LogP contribution in [-0.2, 0) is 9.84 Å². The fourth-order valence-corrected chi connectivity index (χ4v) is 2.80. The first-order valence-corrected chi connectivity index (χ1v) is 8.91. The van der Waals surface area contributed by atoms with Crippen LogP contribution in [0.3, 0.4) is 0 Å². The smallest absolute Gasteiger partial charge is 0.148 e. The molecule has 0 aromatic heterocycles. The zero-order chi connectivity index (χ0) is 13.8. The lowest BCUT2D eigenvalue weighted by Crippen LogP contribution is -2.35. The Balaban J connectivity index is 2.39. The zero-order valence-electron chi connectivity index (χ0n) is 12.1. The number of allylic oxidation sites excluding steroid dienone is 1. The molecule has 0 spiro atoms. The molecular formula is C14H27NO2S. The van der Waals surface area contributed by atoms with E-state index in [-0.39, 0.29) is 5.75 Å². The molecule has 0 fully saturated rings. The first kappa shape index (κ1) is 15.7. The van der Waals surface area contributed by atoms with E-state index < -0.39 is 9.84 Å². The summed E-state index contributed by atoms with van der Waals surface area (Å²) in [5.74, 6) is 0.237. The number of hydrogen-bond donors (Lipinski definition) is 1. The Morgan fingerprint density at radius 1 is 1.44 bits per heavy atom. The second-order valence-electron chi connectivity index (χ2n) is 6.02. The number of sulfone groups is 1. The van der Waals surface area contributed by atoms with Gasteiger partial charge in [-0.25, -0.2) is 8.42 Å². The summed E-state index contributed by atoms with van der Waals surface area (Å²) in [5.41, 5.74) is 1.88. The zero-order valence-corrected chi connectivity index (χ0v) is 12.9. The van der Waals surface area contributed by atoms with Crippen molar-refractivity contribution in [2.75, 3.05) is 18.6 Å². The van der Waals surface area contributed by atoms with Gasteiger partial charge in [0.2, 0.25) is 0 Å². The van der Waals surface area contributed by atoms with Gasteiger partial charge in [-0.3, -0.25) is 0 Å². The van der Waals surface area contributed by atoms with Crippen LogP contribution in [0.4, 0.5) is 0 Å². The van der Waals surface area contributed by atoms with Crippen LogP contribution in [0.1, 0.15) is 46.5 Å². The standard InChI is InChI=1S/C14H27NO2S/c1-5-14(2,3)12-6-8-13(9-7-12)15-10-11-18(4,16)17/h6,13,15H,5,7-11H2,1-4H3. The van der Waals surface area contributed by atoms with Gasteiger partial charge in [-0.05, 0) is 31.1 Å². The molecule has 4 heteroatoms. The highest BCUT2D eigenvalue weighted by Gasteiger charge is 2.24. The van der Waals surface area contributed by atoms with E-state index in [0.717, 1.165) is 19.3 Å². The molecule has 1 unspecified atom stereocenters. The second-order valence-corrected chi connectivity index (χ2v) is 8.28. The monoisotopic (exact) mass is 273 g/mol. The Morgan fingerprint density at radius 3 is 2.56 bits per heavy atom. The van der Waals surface area contributed by atoms with Crippen LogP contribution in [0.15, 0.2) is 11.6 Å². The van der Waals surface area contributed by atoms with Crippen LogP contribution in [-0.4, -0.2) is 33.0 Å². The molecule has 0 aliphatic heterocycles. The Labute approximate surface area is 112 Å². The maximum absolute atomic E-state index is 11.0. The third-order valence-electron chi connectivity index (χ3n) is 4.07. The summed E-state index contributed by atoms with van der Waals surface area (Å²) in [6.45, 7) is 7.41. The first-order chi connectivity index (χ1) is 8.24. The van der Waals surface area contributed by atoms with E-state index in [1.165, 1.54) is 12.7 Å². The predicted molar refractivity (Wildman–Crippen MR) is 77.5 cm³/mol. The second kappa shape index (κ2) is 6.20. The van der Waals surface area contributed by atoms with E-state index in [1.54, 1.807) is 5.57 Å². The molecule has 1 aliphatic carbocycles. The molecule has 0 aromatic carbocycles. The van der Waals surface area contributed by atoms with E-state index in [4.69, 9.17) is 0 Å². The molecule has 1 aliphatic rings. The van der Waals surface area contributed by atoms with Crippen molar-refractivity contribution < 1.29 is 8.42 Å². The lowest BCUT2D eigenvalue weighted by molar-refractivity contribution is 0.377. The minimum Gasteiger partial charge on any atom is -0.313 e. The highest BCUT2D eigenvalue weighted by molar-refractivity contribution is 7.90. The summed E-state index contributed by atoms with van der Waals surface area (Å²) >= 11 is 0. The quantitative estimate of drug-likeness (QED) is 0.757. The minimum atomic E-state index is -2.84. The summed E-state index contributed by atoms with van der Waals surface area (Å²) in [6, 6.07) is 0.447. The average molecular weight is 273 g/mol. The fourth-order valence-electron chi connectivity index (χ4n) is 2.31. The van der Waals surface area contributed by atoms with Crippen molar-refractivity contribution in [2.24, 2.45) is 5.41 Å². The maximum Gasteiger partial charge on any atom is 0.148 e. The van der Waals surface area contributed by atoms with Gasteiger partial charge in [0.1, 0.15) is 9.84 Å². The largest absolute Gasteiger partial charge is 0.313 e. The molecule has 0 amide bonds. The van der Waals surface area contributed by atoms with Crippen molar-refractivity contribution >= 4 is 9.84 Å². The van der Waals surface area contributed by atoms with Gasteiger partial charge in [-0.2, -0.15) is 0 Å². The first-order valence-electron chi connectivity index (χ1n) is 6.85. The lowest BCUT2D eigenvalue weighted by atomic mass is 9.76. The van der Waals surface area contributed by atoms with Gasteiger partial charge in [0.15, 0.2) is 0 Å². The van der Waals surface area contributed by atoms with E-state index >= 15 is 0 Å². The summed E-state index contributed by atoms with van der Waals surface area (Å²) < 4.78 is 22.1. The summed E-state index contributed by atoms with van der Waals surface area (Å²) in [5, 5.41) is 3.34. The summed E-state index contributed by atoms with van der Waals surface area (Å²) in [6.07, 6.45) is 8.10. The molecule has 106 valence electrons. The van der Waals surface area contributed by atoms with Crippen molar-refractivity contribution in [3.05, 3.63) is 11.6 Å². The Morgan fingerprint density at radius 2 is 2.11 bits per heavy atom. The van der Waals surface area contributed by atoms with Gasteiger partial charge >= 0.3 is 0 Å². The molecule has 1 atom stereocenters. The number of rotatable bonds is 6. The lowest BCUT2D eigenvalue weighted by Gasteiger charge is -2.32. The van der Waals surface area contributed by atoms with Crippen LogP contribution >= 0.6 is 0 Å². The maximum atomic E-state index is 11.0. The van der Waals surface area contributed by atoms with Gasteiger partial charge in [-0.1, -0.05) is 32.4 Å².